The van der Waals surface area contributed by atoms with E-state index in [1.54, 1.807) is 17.0 Å². The van der Waals surface area contributed by atoms with Crippen molar-refractivity contribution in [2.24, 2.45) is 0 Å². The first-order chi connectivity index (χ1) is 13.7. The molecule has 1 aromatic carbocycles. The molecule has 2 atom stereocenters. The van der Waals surface area contributed by atoms with Crippen molar-refractivity contribution < 1.29 is 19.1 Å². The summed E-state index contributed by atoms with van der Waals surface area (Å²) in [6.07, 6.45) is 3.98. The van der Waals surface area contributed by atoms with Gasteiger partial charge in [0.05, 0.1) is 5.56 Å². The Bertz CT molecular complexity index is 812. The van der Waals surface area contributed by atoms with Crippen LogP contribution >= 0.6 is 0 Å². The standard InChI is InChI=1S/C23H30N2O4/c1-6-11-25-19-9-8-16(21(26)28-13-7-2)14-17(19)18-15-24(12-10-20(18)25)22(27)29-23(3,4)5/h6-9,14,18,20H,1-2,10-13,15H2,3-5H3. The van der Waals surface area contributed by atoms with Gasteiger partial charge in [-0.3, -0.25) is 0 Å². The maximum absolute atomic E-state index is 12.6. The molecule has 0 N–H and O–H groups in total. The fraction of sp³-hybridized carbons (Fsp3) is 0.478. The van der Waals surface area contributed by atoms with Gasteiger partial charge in [-0.2, -0.15) is 0 Å². The Morgan fingerprint density at radius 3 is 2.66 bits per heavy atom. The van der Waals surface area contributed by atoms with Gasteiger partial charge in [0, 0.05) is 37.3 Å². The molecule has 0 bridgehead atoms. The summed E-state index contributed by atoms with van der Waals surface area (Å²) in [5.41, 5.74) is 2.14. The monoisotopic (exact) mass is 398 g/mol. The second-order valence-electron chi connectivity index (χ2n) is 8.49. The Balaban J connectivity index is 1.87. The SMILES string of the molecule is C=CCOC(=O)c1ccc2c(c1)C1CN(C(=O)OC(C)(C)C)CCC1N2CC=C. The molecule has 0 saturated carbocycles. The molecule has 29 heavy (non-hydrogen) atoms. The number of likely N-dealkylation sites (tertiary alicyclic amines) is 1. The van der Waals surface area contributed by atoms with Crippen LogP contribution in [0.4, 0.5) is 10.5 Å². The lowest BCUT2D eigenvalue weighted by molar-refractivity contribution is 0.0189. The van der Waals surface area contributed by atoms with Crippen molar-refractivity contribution in [1.82, 2.24) is 4.90 Å². The maximum Gasteiger partial charge on any atom is 0.410 e. The number of hydrogen-bond acceptors (Lipinski definition) is 5. The van der Waals surface area contributed by atoms with E-state index in [1.807, 2.05) is 39.0 Å². The van der Waals surface area contributed by atoms with Gasteiger partial charge in [0.15, 0.2) is 0 Å². The number of carbonyl (C=O) groups is 2. The number of fused-ring (bicyclic) bond motifs is 3. The van der Waals surface area contributed by atoms with Gasteiger partial charge in [-0.1, -0.05) is 18.7 Å². The van der Waals surface area contributed by atoms with Crippen molar-refractivity contribution >= 4 is 17.7 Å². The highest BCUT2D eigenvalue weighted by Crippen LogP contribution is 2.45. The molecule has 6 nitrogen and oxygen atoms in total. The van der Waals surface area contributed by atoms with Crippen LogP contribution in [0, 0.1) is 0 Å². The van der Waals surface area contributed by atoms with Gasteiger partial charge in [-0.05, 0) is 51.0 Å². The Labute approximate surface area is 172 Å². The predicted molar refractivity (Wildman–Crippen MR) is 113 cm³/mol. The van der Waals surface area contributed by atoms with Gasteiger partial charge in [0.1, 0.15) is 12.2 Å². The molecule has 2 heterocycles. The highest BCUT2D eigenvalue weighted by molar-refractivity contribution is 5.91. The van der Waals surface area contributed by atoms with Gasteiger partial charge in [-0.25, -0.2) is 9.59 Å². The van der Waals surface area contributed by atoms with E-state index in [0.29, 0.717) is 18.7 Å². The molecule has 0 radical (unpaired) electrons. The first kappa shape index (κ1) is 21.0. The summed E-state index contributed by atoms with van der Waals surface area (Å²) < 4.78 is 10.8. The van der Waals surface area contributed by atoms with Crippen LogP contribution in [-0.4, -0.2) is 54.8 Å². The number of hydrogen-bond donors (Lipinski definition) is 0. The summed E-state index contributed by atoms with van der Waals surface area (Å²) >= 11 is 0. The molecule has 0 aromatic heterocycles. The molecule has 2 aliphatic heterocycles. The third-order valence-electron chi connectivity index (χ3n) is 5.26. The minimum Gasteiger partial charge on any atom is -0.458 e. The molecule has 6 heteroatoms. The number of anilines is 1. The lowest BCUT2D eigenvalue weighted by Gasteiger charge is -2.39. The molecule has 0 aliphatic carbocycles. The van der Waals surface area contributed by atoms with Crippen molar-refractivity contribution in [2.75, 3.05) is 31.1 Å². The normalized spacial score (nSPS) is 20.5. The maximum atomic E-state index is 12.6. The lowest BCUT2D eigenvalue weighted by atomic mass is 9.88. The zero-order valence-corrected chi connectivity index (χ0v) is 17.5. The Kier molecular flexibility index (Phi) is 6.01. The summed E-state index contributed by atoms with van der Waals surface area (Å²) in [6.45, 7) is 15.2. The van der Waals surface area contributed by atoms with E-state index in [0.717, 1.165) is 24.2 Å². The van der Waals surface area contributed by atoms with Crippen LogP contribution in [0.2, 0.25) is 0 Å². The first-order valence-corrected chi connectivity index (χ1v) is 10.0. The number of piperidine rings is 1. The molecule has 2 aliphatic rings. The fourth-order valence-electron chi connectivity index (χ4n) is 4.12. The first-order valence-electron chi connectivity index (χ1n) is 10.0. The summed E-state index contributed by atoms with van der Waals surface area (Å²) in [6, 6.07) is 5.93. The topological polar surface area (TPSA) is 59.1 Å². The van der Waals surface area contributed by atoms with Gasteiger partial charge in [0.2, 0.25) is 0 Å². The number of carbonyl (C=O) groups excluding carboxylic acids is 2. The summed E-state index contributed by atoms with van der Waals surface area (Å²) in [5, 5.41) is 0. The molecule has 156 valence electrons. The zero-order valence-electron chi connectivity index (χ0n) is 17.5. The molecular formula is C23H30N2O4. The summed E-state index contributed by atoms with van der Waals surface area (Å²) in [4.78, 5) is 29.0. The van der Waals surface area contributed by atoms with Crippen molar-refractivity contribution in [2.45, 2.75) is 44.8 Å². The van der Waals surface area contributed by atoms with Crippen LogP contribution in [0.15, 0.2) is 43.5 Å². The van der Waals surface area contributed by atoms with E-state index >= 15 is 0 Å². The average Bonchev–Trinajstić information content (AvgIpc) is 2.97. The Hall–Kier alpha value is -2.76. The predicted octanol–water partition coefficient (Wildman–Crippen LogP) is 4.13. The average molecular weight is 399 g/mol. The van der Waals surface area contributed by atoms with E-state index in [-0.39, 0.29) is 30.6 Å². The second kappa shape index (κ2) is 8.31. The molecule has 0 spiro atoms. The molecule has 2 unspecified atom stereocenters. The van der Waals surface area contributed by atoms with Crippen molar-refractivity contribution in [3.05, 3.63) is 54.6 Å². The van der Waals surface area contributed by atoms with Crippen molar-refractivity contribution in [3.8, 4) is 0 Å². The quantitative estimate of drug-likeness (QED) is 0.551. The third-order valence-corrected chi connectivity index (χ3v) is 5.26. The van der Waals surface area contributed by atoms with Gasteiger partial charge in [0.25, 0.3) is 0 Å². The molecule has 1 saturated heterocycles. The summed E-state index contributed by atoms with van der Waals surface area (Å²) in [5.74, 6) is -0.260. The number of amides is 1. The number of ether oxygens (including phenoxy) is 2. The van der Waals surface area contributed by atoms with E-state index in [9.17, 15) is 9.59 Å². The van der Waals surface area contributed by atoms with Crippen LogP contribution in [0.1, 0.15) is 49.0 Å². The molecule has 1 fully saturated rings. The largest absolute Gasteiger partial charge is 0.458 e. The Morgan fingerprint density at radius 2 is 2.00 bits per heavy atom. The van der Waals surface area contributed by atoms with Crippen LogP contribution < -0.4 is 4.90 Å². The lowest BCUT2D eigenvalue weighted by Crippen LogP contribution is -2.49. The van der Waals surface area contributed by atoms with E-state index in [1.165, 1.54) is 0 Å². The van der Waals surface area contributed by atoms with Crippen molar-refractivity contribution in [3.63, 3.8) is 0 Å². The zero-order chi connectivity index (χ0) is 21.2. The Morgan fingerprint density at radius 1 is 1.24 bits per heavy atom. The minimum atomic E-state index is -0.529. The molecule has 3 rings (SSSR count). The molecular weight excluding hydrogens is 368 g/mol. The van der Waals surface area contributed by atoms with Gasteiger partial charge >= 0.3 is 12.1 Å². The number of rotatable bonds is 5. The second-order valence-corrected chi connectivity index (χ2v) is 8.49. The molecule has 1 amide bonds. The van der Waals surface area contributed by atoms with Crippen LogP contribution in [0.5, 0.6) is 0 Å². The van der Waals surface area contributed by atoms with E-state index in [2.05, 4.69) is 18.1 Å². The smallest absolute Gasteiger partial charge is 0.410 e. The summed E-state index contributed by atoms with van der Waals surface area (Å²) in [7, 11) is 0. The van der Waals surface area contributed by atoms with Crippen LogP contribution in [0.25, 0.3) is 0 Å². The van der Waals surface area contributed by atoms with Gasteiger partial charge < -0.3 is 19.3 Å². The molecule has 1 aromatic rings. The number of esters is 1. The van der Waals surface area contributed by atoms with Gasteiger partial charge in [-0.15, -0.1) is 6.58 Å². The minimum absolute atomic E-state index is 0.110. The van der Waals surface area contributed by atoms with E-state index in [4.69, 9.17) is 9.47 Å². The highest BCUT2D eigenvalue weighted by Gasteiger charge is 2.43. The van der Waals surface area contributed by atoms with Crippen LogP contribution in [0.3, 0.4) is 0 Å². The van der Waals surface area contributed by atoms with E-state index < -0.39 is 5.60 Å². The highest BCUT2D eigenvalue weighted by atomic mass is 16.6. The van der Waals surface area contributed by atoms with Crippen LogP contribution in [-0.2, 0) is 9.47 Å². The fourth-order valence-corrected chi connectivity index (χ4v) is 4.12. The third kappa shape index (κ3) is 4.47. The van der Waals surface area contributed by atoms with Crippen molar-refractivity contribution in [1.29, 1.82) is 0 Å². The number of nitrogens with zero attached hydrogens (tertiary/aromatic N) is 2. The number of benzene rings is 1.